The lowest BCUT2D eigenvalue weighted by Gasteiger charge is -2.10. The Bertz CT molecular complexity index is 3240. The highest BCUT2D eigenvalue weighted by Crippen LogP contribution is 2.45. The fourth-order valence-corrected chi connectivity index (χ4v) is 10.9. The van der Waals surface area contributed by atoms with Crippen LogP contribution in [0.25, 0.3) is 66.6 Å². The number of allylic oxidation sites excluding steroid dienone is 4. The number of aromatic nitrogens is 4. The zero-order valence-electron chi connectivity index (χ0n) is 46.0. The number of nitrogens with one attached hydrogen (secondary N) is 2. The second-order valence-electron chi connectivity index (χ2n) is 20.7. The lowest BCUT2D eigenvalue weighted by atomic mass is 9.93. The number of hydrogen-bond donors (Lipinski definition) is 2. The van der Waals surface area contributed by atoms with E-state index in [1.54, 1.807) is 0 Å². The van der Waals surface area contributed by atoms with Crippen molar-refractivity contribution in [3.63, 3.8) is 0 Å². The summed E-state index contributed by atoms with van der Waals surface area (Å²) in [5, 5.41) is 0. The van der Waals surface area contributed by atoms with Crippen LogP contribution in [-0.4, -0.2) is 31.9 Å². The smallest absolute Gasteiger partial charge is 0.338 e. The number of aromatic amines is 2. The minimum atomic E-state index is -0.360. The predicted molar refractivity (Wildman–Crippen MR) is 314 cm³/mol. The van der Waals surface area contributed by atoms with Crippen LogP contribution in [0.1, 0.15) is 183 Å². The third kappa shape index (κ3) is 11.3. The molecule has 0 saturated heterocycles. The molecule has 2 aliphatic heterocycles. The number of aryl methyl sites for hydroxylation is 4. The number of carbonyl (C=O) groups excluding carboxylic acids is 2. The van der Waals surface area contributed by atoms with E-state index in [0.29, 0.717) is 11.1 Å². The van der Waals surface area contributed by atoms with Gasteiger partial charge in [-0.25, -0.2) is 19.6 Å². The van der Waals surface area contributed by atoms with Gasteiger partial charge < -0.3 is 19.4 Å². The van der Waals surface area contributed by atoms with Crippen LogP contribution in [0.4, 0.5) is 0 Å². The number of ether oxygens (including phenoxy) is 2. The topological polar surface area (TPSA) is 110 Å². The number of benzene rings is 4. The van der Waals surface area contributed by atoms with Crippen molar-refractivity contribution in [3.8, 4) is 22.3 Å². The fraction of sp³-hybridized carbons (Fsp3) is 0.324. The Balaban J connectivity index is 1.33. The van der Waals surface area contributed by atoms with Crippen molar-refractivity contribution in [2.45, 2.75) is 146 Å². The molecule has 0 amide bonds. The highest BCUT2D eigenvalue weighted by molar-refractivity contribution is 6.04. The van der Waals surface area contributed by atoms with Crippen molar-refractivity contribution < 1.29 is 19.1 Å². The first kappa shape index (κ1) is 53.3. The molecule has 7 aromatic rings. The van der Waals surface area contributed by atoms with Gasteiger partial charge in [-0.2, -0.15) is 0 Å². The summed E-state index contributed by atoms with van der Waals surface area (Å²) >= 11 is 0. The molecule has 8 heteroatoms. The van der Waals surface area contributed by atoms with E-state index in [0.717, 1.165) is 166 Å². The number of esters is 2. The van der Waals surface area contributed by atoms with Crippen LogP contribution in [0, 0.1) is 13.8 Å². The van der Waals surface area contributed by atoms with E-state index in [-0.39, 0.29) is 25.2 Å². The van der Waals surface area contributed by atoms with E-state index in [1.807, 2.05) is 84.9 Å². The minimum absolute atomic E-state index is 0.207. The van der Waals surface area contributed by atoms with Crippen molar-refractivity contribution >= 4 is 56.3 Å². The summed E-state index contributed by atoms with van der Waals surface area (Å²) in [5.41, 5.74) is 24.5. The molecule has 8 nitrogen and oxygen atoms in total. The SMILES string of the molecule is CCCCC1=C(C)c2nc1cc1[nH]c(c(C)c1CCCC)c(-c1ccc(C(=O)OCc3ccccc3)cc1)c1nc(cc3[nH]c(c(C)c3CCCC)c2-c2ccc(C(=O)OCc3ccccc3)cc2)C(CCCC)=C1C. The molecule has 0 saturated carbocycles. The molecule has 0 unspecified atom stereocenters. The van der Waals surface area contributed by atoms with E-state index < -0.39 is 0 Å². The Kier molecular flexibility index (Phi) is 17.1. The summed E-state index contributed by atoms with van der Waals surface area (Å²) in [4.78, 5) is 46.6. The Morgan fingerprint density at radius 3 is 1.17 bits per heavy atom. The molecule has 76 heavy (non-hydrogen) atoms. The third-order valence-corrected chi connectivity index (χ3v) is 15.4. The first-order chi connectivity index (χ1) is 37.0. The largest absolute Gasteiger partial charge is 0.457 e. The quantitative estimate of drug-likeness (QED) is 0.0736. The Labute approximate surface area is 449 Å². The van der Waals surface area contributed by atoms with Crippen LogP contribution < -0.4 is 0 Å². The molecule has 2 N–H and O–H groups in total. The van der Waals surface area contributed by atoms with Crippen LogP contribution in [-0.2, 0) is 35.5 Å². The van der Waals surface area contributed by atoms with Crippen molar-refractivity contribution in [1.29, 1.82) is 0 Å². The molecule has 390 valence electrons. The molecular weight excluding hydrogens is 937 g/mol. The molecule has 3 aromatic heterocycles. The van der Waals surface area contributed by atoms with Gasteiger partial charge in [0.1, 0.15) is 13.2 Å². The van der Waals surface area contributed by atoms with Gasteiger partial charge >= 0.3 is 11.9 Å². The summed E-state index contributed by atoms with van der Waals surface area (Å²) in [6.45, 7) is 18.4. The van der Waals surface area contributed by atoms with Gasteiger partial charge in [0.05, 0.1) is 44.9 Å². The number of rotatable bonds is 20. The molecule has 2 aliphatic rings. The maximum absolute atomic E-state index is 13.5. The van der Waals surface area contributed by atoms with E-state index >= 15 is 0 Å². The van der Waals surface area contributed by atoms with Crippen molar-refractivity contribution in [2.24, 2.45) is 0 Å². The van der Waals surface area contributed by atoms with E-state index in [1.165, 1.54) is 33.4 Å². The highest BCUT2D eigenvalue weighted by Gasteiger charge is 2.27. The number of hydrogen-bond acceptors (Lipinski definition) is 6. The standard InChI is InChI=1S/C68H74N4O4/c1-9-13-27-53-43(5)63-61(49-31-35-51(36-32-49)67(73)75-41-47-23-19-17-20-24-47)64-45(7)55(29-15-11-3)59(71-64)40-60-56(30-16-12-4)46(8)66(72-60)62(65-44(6)54(28-14-10-2)58(70-65)39-57(53)69-63)50-33-37-52(38-34-50)68(74)76-42-48-25-21-18-22-26-48/h17-26,31-40,69,72H,9-16,27-30,41-42H2,1-8H3. The van der Waals surface area contributed by atoms with Gasteiger partial charge in [-0.1, -0.05) is 138 Å². The number of nitrogens with zero attached hydrogens (tertiary/aromatic N) is 2. The van der Waals surface area contributed by atoms with Crippen molar-refractivity contribution in [1.82, 2.24) is 19.9 Å². The molecule has 9 rings (SSSR count). The van der Waals surface area contributed by atoms with Gasteiger partial charge in [0.2, 0.25) is 0 Å². The summed E-state index contributed by atoms with van der Waals surface area (Å²) in [6.07, 6.45) is 11.9. The number of carbonyl (C=O) groups is 2. The van der Waals surface area contributed by atoms with Gasteiger partial charge in [-0.05, 0) is 182 Å². The zero-order chi connectivity index (χ0) is 53.3. The van der Waals surface area contributed by atoms with Crippen LogP contribution in [0.2, 0.25) is 0 Å². The van der Waals surface area contributed by atoms with Crippen LogP contribution >= 0.6 is 0 Å². The first-order valence-corrected chi connectivity index (χ1v) is 27.9. The maximum Gasteiger partial charge on any atom is 0.338 e. The molecule has 5 heterocycles. The third-order valence-electron chi connectivity index (χ3n) is 15.4. The molecule has 8 bridgehead atoms. The molecule has 0 aliphatic carbocycles. The Hall–Kier alpha value is -7.58. The molecule has 0 spiro atoms. The summed E-state index contributed by atoms with van der Waals surface area (Å²) < 4.78 is 11.6. The van der Waals surface area contributed by atoms with Gasteiger partial charge in [0.25, 0.3) is 0 Å². The van der Waals surface area contributed by atoms with E-state index in [9.17, 15) is 9.59 Å². The minimum Gasteiger partial charge on any atom is -0.457 e. The molecule has 4 aromatic carbocycles. The maximum atomic E-state index is 13.5. The van der Waals surface area contributed by atoms with E-state index in [2.05, 4.69) is 102 Å². The second-order valence-corrected chi connectivity index (χ2v) is 20.7. The van der Waals surface area contributed by atoms with Crippen LogP contribution in [0.3, 0.4) is 0 Å². The van der Waals surface area contributed by atoms with Gasteiger partial charge in [0.15, 0.2) is 0 Å². The number of H-pyrrole nitrogens is 2. The number of unbranched alkanes of at least 4 members (excludes halogenated alkanes) is 4. The highest BCUT2D eigenvalue weighted by atomic mass is 16.5. The first-order valence-electron chi connectivity index (χ1n) is 27.9. The number of fused-ring (bicyclic) bond motifs is 8. The van der Waals surface area contributed by atoms with Crippen molar-refractivity contribution in [3.05, 3.63) is 189 Å². The molecule has 0 fully saturated rings. The van der Waals surface area contributed by atoms with Crippen LogP contribution in [0.15, 0.2) is 121 Å². The zero-order valence-corrected chi connectivity index (χ0v) is 46.0. The fourth-order valence-electron chi connectivity index (χ4n) is 10.9. The average Bonchev–Trinajstić information content (AvgIpc) is 4.13. The van der Waals surface area contributed by atoms with Crippen LogP contribution in [0.5, 0.6) is 0 Å². The summed E-state index contributed by atoms with van der Waals surface area (Å²) in [6, 6.07) is 40.0. The van der Waals surface area contributed by atoms with E-state index in [4.69, 9.17) is 19.4 Å². The normalized spacial score (nSPS) is 12.4. The second kappa shape index (κ2) is 24.4. The molecule has 0 radical (unpaired) electrons. The molecular formula is C68H74N4O4. The van der Waals surface area contributed by atoms with Gasteiger partial charge in [-0.3, -0.25) is 0 Å². The monoisotopic (exact) mass is 1010 g/mol. The Morgan fingerprint density at radius 1 is 0.461 bits per heavy atom. The average molecular weight is 1010 g/mol. The van der Waals surface area contributed by atoms with Gasteiger partial charge in [0, 0.05) is 22.2 Å². The lowest BCUT2D eigenvalue weighted by molar-refractivity contribution is 0.0464. The van der Waals surface area contributed by atoms with Gasteiger partial charge in [-0.15, -0.1) is 0 Å². The summed E-state index contributed by atoms with van der Waals surface area (Å²) in [5.74, 6) is -0.720. The van der Waals surface area contributed by atoms with Crippen molar-refractivity contribution in [2.75, 3.05) is 0 Å². The predicted octanol–water partition coefficient (Wildman–Crippen LogP) is 17.9. The lowest BCUT2D eigenvalue weighted by Crippen LogP contribution is -2.05. The Morgan fingerprint density at radius 2 is 0.816 bits per heavy atom. The summed E-state index contributed by atoms with van der Waals surface area (Å²) in [7, 11) is 0. The molecule has 0 atom stereocenters.